The normalized spacial score (nSPS) is 16.2. The zero-order valence-corrected chi connectivity index (χ0v) is 6.15. The van der Waals surface area contributed by atoms with Crippen LogP contribution in [-0.2, 0) is 0 Å². The van der Waals surface area contributed by atoms with Gasteiger partial charge in [-0.15, -0.1) is 0 Å². The molecule has 0 bridgehead atoms. The van der Waals surface area contributed by atoms with E-state index < -0.39 is 5.54 Å². The number of hydrazine groups is 1. The molecule has 0 aromatic rings. The average Bonchev–Trinajstić information content (AvgIpc) is 1.89. The Labute approximate surface area is 56.0 Å². The van der Waals surface area contributed by atoms with E-state index >= 15 is 0 Å². The van der Waals surface area contributed by atoms with E-state index in [-0.39, 0.29) is 0 Å². The van der Waals surface area contributed by atoms with Gasteiger partial charge in [0.25, 0.3) is 0 Å². The van der Waals surface area contributed by atoms with Gasteiger partial charge in [0.05, 0.1) is 6.07 Å². The van der Waals surface area contributed by atoms with Crippen LogP contribution in [-0.4, -0.2) is 12.6 Å². The van der Waals surface area contributed by atoms with Gasteiger partial charge in [-0.3, -0.25) is 5.43 Å². The SMILES string of the molecule is CCC(C)(C#N)NNC. The van der Waals surface area contributed by atoms with Crippen LogP contribution in [0.3, 0.4) is 0 Å². The molecule has 0 heterocycles. The fraction of sp³-hybridized carbons (Fsp3) is 0.833. The van der Waals surface area contributed by atoms with E-state index in [2.05, 4.69) is 16.9 Å². The lowest BCUT2D eigenvalue weighted by Gasteiger charge is -2.19. The number of nitrogens with zero attached hydrogens (tertiary/aromatic N) is 1. The first-order valence-electron chi connectivity index (χ1n) is 3.03. The van der Waals surface area contributed by atoms with E-state index in [4.69, 9.17) is 5.26 Å². The second-order valence-corrected chi connectivity index (χ2v) is 2.17. The number of hydrogen-bond acceptors (Lipinski definition) is 3. The zero-order chi connectivity index (χ0) is 7.33. The lowest BCUT2D eigenvalue weighted by atomic mass is 10.0. The number of rotatable bonds is 3. The molecule has 1 atom stereocenters. The van der Waals surface area contributed by atoms with Crippen molar-refractivity contribution in [3.63, 3.8) is 0 Å². The summed E-state index contributed by atoms with van der Waals surface area (Å²) in [5.74, 6) is 0. The van der Waals surface area contributed by atoms with Crippen molar-refractivity contribution in [3.8, 4) is 6.07 Å². The molecule has 0 aromatic heterocycles. The molecule has 0 aromatic carbocycles. The Kier molecular flexibility index (Phi) is 3.21. The second-order valence-electron chi connectivity index (χ2n) is 2.17. The van der Waals surface area contributed by atoms with Gasteiger partial charge in [-0.25, -0.2) is 5.43 Å². The third-order valence-corrected chi connectivity index (χ3v) is 1.35. The molecule has 52 valence electrons. The van der Waals surface area contributed by atoms with Crippen LogP contribution in [0.1, 0.15) is 20.3 Å². The lowest BCUT2D eigenvalue weighted by molar-refractivity contribution is 0.390. The van der Waals surface area contributed by atoms with Gasteiger partial charge in [-0.2, -0.15) is 5.26 Å². The predicted molar refractivity (Wildman–Crippen MR) is 36.5 cm³/mol. The highest BCUT2D eigenvalue weighted by Crippen LogP contribution is 2.03. The summed E-state index contributed by atoms with van der Waals surface area (Å²) in [5, 5.41) is 8.56. The maximum absolute atomic E-state index is 8.56. The molecule has 9 heavy (non-hydrogen) atoms. The van der Waals surface area contributed by atoms with Crippen LogP contribution in [0.4, 0.5) is 0 Å². The molecule has 0 aliphatic rings. The average molecular weight is 127 g/mol. The molecule has 0 fully saturated rings. The minimum Gasteiger partial charge on any atom is -0.259 e. The third kappa shape index (κ3) is 2.45. The molecule has 0 amide bonds. The Hall–Kier alpha value is -0.590. The summed E-state index contributed by atoms with van der Waals surface area (Å²) >= 11 is 0. The molecule has 0 saturated heterocycles. The predicted octanol–water partition coefficient (Wildman–Crippen LogP) is 0.403. The first-order valence-corrected chi connectivity index (χ1v) is 3.03. The third-order valence-electron chi connectivity index (χ3n) is 1.35. The smallest absolute Gasteiger partial charge is 0.115 e. The van der Waals surface area contributed by atoms with Crippen molar-refractivity contribution in [2.75, 3.05) is 7.05 Å². The van der Waals surface area contributed by atoms with Crippen LogP contribution in [0.25, 0.3) is 0 Å². The van der Waals surface area contributed by atoms with Gasteiger partial charge in [0, 0.05) is 0 Å². The van der Waals surface area contributed by atoms with Gasteiger partial charge in [0.2, 0.25) is 0 Å². The van der Waals surface area contributed by atoms with Crippen molar-refractivity contribution in [2.45, 2.75) is 25.8 Å². The molecule has 3 heteroatoms. The Morgan fingerprint density at radius 1 is 1.67 bits per heavy atom. The number of hydrogen-bond donors (Lipinski definition) is 2. The summed E-state index contributed by atoms with van der Waals surface area (Å²) in [6.45, 7) is 3.82. The van der Waals surface area contributed by atoms with Crippen LogP contribution in [0.5, 0.6) is 0 Å². The van der Waals surface area contributed by atoms with Crippen molar-refractivity contribution in [1.82, 2.24) is 10.9 Å². The van der Waals surface area contributed by atoms with Crippen LogP contribution in [0, 0.1) is 11.3 Å². The molecule has 0 saturated carbocycles. The van der Waals surface area contributed by atoms with E-state index in [1.165, 1.54) is 0 Å². The number of nitriles is 1. The van der Waals surface area contributed by atoms with Crippen molar-refractivity contribution < 1.29 is 0 Å². The minimum absolute atomic E-state index is 0.422. The van der Waals surface area contributed by atoms with E-state index in [0.717, 1.165) is 6.42 Å². The quantitative estimate of drug-likeness (QED) is 0.539. The van der Waals surface area contributed by atoms with Crippen molar-refractivity contribution in [1.29, 1.82) is 5.26 Å². The summed E-state index contributed by atoms with van der Waals surface area (Å²) in [5.41, 5.74) is 5.16. The largest absolute Gasteiger partial charge is 0.259 e. The molecule has 2 N–H and O–H groups in total. The van der Waals surface area contributed by atoms with Crippen molar-refractivity contribution >= 4 is 0 Å². The Morgan fingerprint density at radius 2 is 2.22 bits per heavy atom. The molecule has 0 rings (SSSR count). The summed E-state index contributed by atoms with van der Waals surface area (Å²) < 4.78 is 0. The first-order chi connectivity index (χ1) is 4.18. The number of nitrogens with one attached hydrogen (secondary N) is 2. The summed E-state index contributed by atoms with van der Waals surface area (Å²) in [7, 11) is 1.76. The van der Waals surface area contributed by atoms with E-state index in [9.17, 15) is 0 Å². The van der Waals surface area contributed by atoms with Crippen LogP contribution in [0.15, 0.2) is 0 Å². The topological polar surface area (TPSA) is 47.9 Å². The first kappa shape index (κ1) is 8.41. The molecule has 3 nitrogen and oxygen atoms in total. The Balaban J connectivity index is 3.81. The second kappa shape index (κ2) is 3.44. The monoisotopic (exact) mass is 127 g/mol. The summed E-state index contributed by atoms with van der Waals surface area (Å²) in [6.07, 6.45) is 0.796. The van der Waals surface area contributed by atoms with Gasteiger partial charge in [0.1, 0.15) is 5.54 Å². The Bertz CT molecular complexity index is 116. The van der Waals surface area contributed by atoms with Crippen LogP contribution < -0.4 is 10.9 Å². The molecule has 1 unspecified atom stereocenters. The Morgan fingerprint density at radius 3 is 2.33 bits per heavy atom. The van der Waals surface area contributed by atoms with Gasteiger partial charge in [-0.05, 0) is 20.4 Å². The molecule has 0 radical (unpaired) electrons. The van der Waals surface area contributed by atoms with E-state index in [1.807, 2.05) is 13.8 Å². The summed E-state index contributed by atoms with van der Waals surface area (Å²) in [4.78, 5) is 0. The highest BCUT2D eigenvalue weighted by molar-refractivity contribution is 5.01. The highest BCUT2D eigenvalue weighted by atomic mass is 15.4. The standard InChI is InChI=1S/C6H13N3/c1-4-6(2,5-7)9-8-3/h8-9H,4H2,1-3H3. The fourth-order valence-electron chi connectivity index (χ4n) is 0.471. The highest BCUT2D eigenvalue weighted by Gasteiger charge is 2.18. The van der Waals surface area contributed by atoms with Crippen molar-refractivity contribution in [3.05, 3.63) is 0 Å². The molecule has 0 aliphatic carbocycles. The maximum atomic E-state index is 8.56. The van der Waals surface area contributed by atoms with Gasteiger partial charge >= 0.3 is 0 Å². The molecular weight excluding hydrogens is 114 g/mol. The van der Waals surface area contributed by atoms with Gasteiger partial charge in [0.15, 0.2) is 0 Å². The maximum Gasteiger partial charge on any atom is 0.115 e. The fourth-order valence-corrected chi connectivity index (χ4v) is 0.471. The van der Waals surface area contributed by atoms with Crippen LogP contribution in [0.2, 0.25) is 0 Å². The van der Waals surface area contributed by atoms with Gasteiger partial charge in [-0.1, -0.05) is 6.92 Å². The molecular formula is C6H13N3. The van der Waals surface area contributed by atoms with E-state index in [0.29, 0.717) is 0 Å². The van der Waals surface area contributed by atoms with E-state index in [1.54, 1.807) is 7.05 Å². The minimum atomic E-state index is -0.422. The zero-order valence-electron chi connectivity index (χ0n) is 6.15. The van der Waals surface area contributed by atoms with Crippen LogP contribution >= 0.6 is 0 Å². The molecule has 0 spiro atoms. The lowest BCUT2D eigenvalue weighted by Crippen LogP contribution is -2.47. The van der Waals surface area contributed by atoms with Crippen molar-refractivity contribution in [2.24, 2.45) is 0 Å². The summed E-state index contributed by atoms with van der Waals surface area (Å²) in [6, 6.07) is 2.16. The molecule has 0 aliphatic heterocycles. The van der Waals surface area contributed by atoms with Gasteiger partial charge < -0.3 is 0 Å².